The fraction of sp³-hybridized carbons (Fsp3) is 0.500. The average molecular weight is 514 g/mol. The molecule has 196 valence electrons. The highest BCUT2D eigenvalue weighted by Gasteiger charge is 2.67. The maximum absolute atomic E-state index is 14.5. The SMILES string of the molecule is Cc1ncc(C(CC(=O)NCC(Cc2ccc(C(N)=O)c(F)c2F)N(C)C)C2(C(F)(F)F)CC2)cn1. The first-order valence-corrected chi connectivity index (χ1v) is 11.3. The molecule has 0 bridgehead atoms. The zero-order chi connectivity index (χ0) is 26.8. The van der Waals surface area contributed by atoms with Crippen LogP contribution in [0.25, 0.3) is 0 Å². The third kappa shape index (κ3) is 5.80. The highest BCUT2D eigenvalue weighted by Crippen LogP contribution is 2.66. The third-order valence-electron chi connectivity index (χ3n) is 6.76. The number of hydrogen-bond donors (Lipinski definition) is 2. The minimum atomic E-state index is -4.49. The molecule has 2 unspecified atom stereocenters. The van der Waals surface area contributed by atoms with E-state index in [9.17, 15) is 31.5 Å². The molecule has 1 aromatic carbocycles. The maximum Gasteiger partial charge on any atom is 0.395 e. The highest BCUT2D eigenvalue weighted by molar-refractivity contribution is 5.93. The third-order valence-corrected chi connectivity index (χ3v) is 6.76. The maximum atomic E-state index is 14.5. The Morgan fingerprint density at radius 1 is 1.14 bits per heavy atom. The van der Waals surface area contributed by atoms with Crippen molar-refractivity contribution in [2.75, 3.05) is 20.6 Å². The van der Waals surface area contributed by atoms with E-state index in [2.05, 4.69) is 15.3 Å². The van der Waals surface area contributed by atoms with E-state index < -0.39 is 59.0 Å². The number of nitrogens with two attached hydrogens (primary N) is 1. The predicted molar refractivity (Wildman–Crippen MR) is 121 cm³/mol. The molecule has 1 heterocycles. The number of likely N-dealkylation sites (N-methyl/N-ethyl adjacent to an activating group) is 1. The molecule has 0 aliphatic heterocycles. The Bertz CT molecular complexity index is 1120. The molecule has 7 nitrogen and oxygen atoms in total. The molecule has 3 rings (SSSR count). The van der Waals surface area contributed by atoms with Crippen LogP contribution in [0.15, 0.2) is 24.5 Å². The van der Waals surface area contributed by atoms with E-state index in [1.54, 1.807) is 25.9 Å². The molecule has 0 radical (unpaired) electrons. The van der Waals surface area contributed by atoms with Crippen molar-refractivity contribution in [1.82, 2.24) is 20.2 Å². The lowest BCUT2D eigenvalue weighted by Gasteiger charge is -2.29. The first kappa shape index (κ1) is 27.4. The van der Waals surface area contributed by atoms with Gasteiger partial charge in [0.1, 0.15) is 5.82 Å². The summed E-state index contributed by atoms with van der Waals surface area (Å²) >= 11 is 0. The van der Waals surface area contributed by atoms with E-state index >= 15 is 0 Å². The van der Waals surface area contributed by atoms with Crippen LogP contribution in [0.1, 0.15) is 52.5 Å². The van der Waals surface area contributed by atoms with Crippen LogP contribution in [0.4, 0.5) is 22.0 Å². The fourth-order valence-electron chi connectivity index (χ4n) is 4.30. The molecule has 3 N–H and O–H groups in total. The first-order chi connectivity index (χ1) is 16.8. The number of rotatable bonds is 10. The van der Waals surface area contributed by atoms with Crippen LogP contribution in [0, 0.1) is 24.0 Å². The number of aryl methyl sites for hydroxylation is 1. The van der Waals surface area contributed by atoms with Crippen LogP contribution in [0.3, 0.4) is 0 Å². The highest BCUT2D eigenvalue weighted by atomic mass is 19.4. The topological polar surface area (TPSA) is 101 Å². The molecule has 0 spiro atoms. The summed E-state index contributed by atoms with van der Waals surface area (Å²) in [6.45, 7) is 1.58. The van der Waals surface area contributed by atoms with E-state index in [-0.39, 0.29) is 36.9 Å². The Balaban J connectivity index is 1.73. The van der Waals surface area contributed by atoms with Crippen molar-refractivity contribution >= 4 is 11.8 Å². The van der Waals surface area contributed by atoms with Crippen LogP contribution in [0.2, 0.25) is 0 Å². The minimum absolute atomic E-state index is 0.0272. The molecule has 2 atom stereocenters. The number of alkyl halides is 3. The van der Waals surface area contributed by atoms with Gasteiger partial charge in [0.05, 0.1) is 11.0 Å². The van der Waals surface area contributed by atoms with Gasteiger partial charge in [-0.05, 0) is 57.5 Å². The van der Waals surface area contributed by atoms with E-state index in [1.807, 2.05) is 0 Å². The van der Waals surface area contributed by atoms with Crippen LogP contribution >= 0.6 is 0 Å². The molecule has 1 aromatic heterocycles. The van der Waals surface area contributed by atoms with Gasteiger partial charge in [-0.25, -0.2) is 18.7 Å². The van der Waals surface area contributed by atoms with Gasteiger partial charge in [0, 0.05) is 37.3 Å². The molecule has 1 saturated carbocycles. The smallest absolute Gasteiger partial charge is 0.366 e. The molecular weight excluding hydrogens is 485 g/mol. The quantitative estimate of drug-likeness (QED) is 0.475. The number of nitrogens with one attached hydrogen (secondary N) is 1. The van der Waals surface area contributed by atoms with Crippen molar-refractivity contribution in [3.63, 3.8) is 0 Å². The predicted octanol–water partition coefficient (Wildman–Crippen LogP) is 3.27. The normalized spacial score (nSPS) is 16.5. The molecule has 2 amide bonds. The number of amides is 2. The van der Waals surface area contributed by atoms with Gasteiger partial charge in [-0.15, -0.1) is 0 Å². The van der Waals surface area contributed by atoms with E-state index in [1.165, 1.54) is 18.5 Å². The molecule has 1 fully saturated rings. The van der Waals surface area contributed by atoms with Crippen molar-refractivity contribution in [3.8, 4) is 0 Å². The average Bonchev–Trinajstić information content (AvgIpc) is 3.60. The van der Waals surface area contributed by atoms with Crippen LogP contribution < -0.4 is 11.1 Å². The number of benzene rings is 1. The van der Waals surface area contributed by atoms with Gasteiger partial charge < -0.3 is 16.0 Å². The van der Waals surface area contributed by atoms with Crippen molar-refractivity contribution in [3.05, 3.63) is 58.7 Å². The van der Waals surface area contributed by atoms with Gasteiger partial charge in [0.15, 0.2) is 11.6 Å². The summed E-state index contributed by atoms with van der Waals surface area (Å²) in [5.41, 5.74) is 2.66. The Hall–Kier alpha value is -3.15. The summed E-state index contributed by atoms with van der Waals surface area (Å²) in [6, 6.07) is 1.81. The lowest BCUT2D eigenvalue weighted by molar-refractivity contribution is -0.194. The minimum Gasteiger partial charge on any atom is -0.366 e. The number of halogens is 5. The molecule has 2 aromatic rings. The van der Waals surface area contributed by atoms with Crippen LogP contribution in [-0.2, 0) is 11.2 Å². The van der Waals surface area contributed by atoms with E-state index in [4.69, 9.17) is 5.73 Å². The number of carbonyl (C=O) groups is 2. The van der Waals surface area contributed by atoms with Gasteiger partial charge in [-0.2, -0.15) is 13.2 Å². The Kier molecular flexibility index (Phi) is 7.97. The van der Waals surface area contributed by atoms with Gasteiger partial charge in [0.25, 0.3) is 5.91 Å². The number of carbonyl (C=O) groups excluding carboxylic acids is 2. The molecule has 1 aliphatic rings. The second kappa shape index (κ2) is 10.5. The van der Waals surface area contributed by atoms with Crippen molar-refractivity contribution in [2.24, 2.45) is 11.1 Å². The van der Waals surface area contributed by atoms with Crippen molar-refractivity contribution < 1.29 is 31.5 Å². The summed E-state index contributed by atoms with van der Waals surface area (Å²) in [5, 5.41) is 2.63. The van der Waals surface area contributed by atoms with E-state index in [0.29, 0.717) is 5.82 Å². The zero-order valence-electron chi connectivity index (χ0n) is 20.1. The number of primary amides is 1. The standard InChI is InChI=1S/C24H28F5N5O2/c1-13-31-10-15(11-32-13)18(23(6-7-23)24(27,28)29)9-19(35)33-12-16(34(2)3)8-14-4-5-17(22(30)36)21(26)20(14)25/h4-5,10-11,16,18H,6-9,12H2,1-3H3,(H2,30,36)(H,33,35). The summed E-state index contributed by atoms with van der Waals surface area (Å²) in [6.07, 6.45) is -2.49. The summed E-state index contributed by atoms with van der Waals surface area (Å²) in [5.74, 6) is -5.03. The lowest BCUT2D eigenvalue weighted by atomic mass is 9.81. The van der Waals surface area contributed by atoms with Crippen LogP contribution in [-0.4, -0.2) is 59.5 Å². The number of aromatic nitrogens is 2. The number of nitrogens with zero attached hydrogens (tertiary/aromatic N) is 3. The molecule has 0 saturated heterocycles. The second-order valence-corrected chi connectivity index (χ2v) is 9.36. The van der Waals surface area contributed by atoms with Crippen molar-refractivity contribution in [1.29, 1.82) is 0 Å². The summed E-state index contributed by atoms with van der Waals surface area (Å²) in [4.78, 5) is 33.7. The first-order valence-electron chi connectivity index (χ1n) is 11.3. The molecular formula is C24H28F5N5O2. The lowest BCUT2D eigenvalue weighted by Crippen LogP contribution is -2.43. The largest absolute Gasteiger partial charge is 0.395 e. The summed E-state index contributed by atoms with van der Waals surface area (Å²) < 4.78 is 70.3. The fourth-order valence-corrected chi connectivity index (χ4v) is 4.30. The second-order valence-electron chi connectivity index (χ2n) is 9.36. The van der Waals surface area contributed by atoms with Crippen molar-refractivity contribution in [2.45, 2.75) is 50.7 Å². The van der Waals surface area contributed by atoms with E-state index in [0.717, 1.165) is 6.07 Å². The molecule has 1 aliphatic carbocycles. The number of hydrogen-bond acceptors (Lipinski definition) is 5. The van der Waals surface area contributed by atoms with Gasteiger partial charge >= 0.3 is 6.18 Å². The Morgan fingerprint density at radius 2 is 1.75 bits per heavy atom. The Labute approximate surface area is 205 Å². The molecule has 12 heteroatoms. The Morgan fingerprint density at radius 3 is 2.25 bits per heavy atom. The van der Waals surface area contributed by atoms with Gasteiger partial charge in [0.2, 0.25) is 5.91 Å². The summed E-state index contributed by atoms with van der Waals surface area (Å²) in [7, 11) is 3.33. The zero-order valence-corrected chi connectivity index (χ0v) is 20.1. The van der Waals surface area contributed by atoms with Gasteiger partial charge in [-0.3, -0.25) is 9.59 Å². The van der Waals surface area contributed by atoms with Gasteiger partial charge in [-0.1, -0.05) is 6.07 Å². The van der Waals surface area contributed by atoms with Crippen LogP contribution in [0.5, 0.6) is 0 Å². The molecule has 36 heavy (non-hydrogen) atoms. The monoisotopic (exact) mass is 513 g/mol.